The monoisotopic (exact) mass is 367 g/mol. The third-order valence-corrected chi connectivity index (χ3v) is 3.49. The predicted molar refractivity (Wildman–Crippen MR) is 98.3 cm³/mol. The molecule has 0 heterocycles. The number of nitrogens with zero attached hydrogens (tertiary/aromatic N) is 1. The summed E-state index contributed by atoms with van der Waals surface area (Å²) in [6.45, 7) is 2.81. The first-order valence-electron chi connectivity index (χ1n) is 7.77. The zero-order chi connectivity index (χ0) is 18.9. The van der Waals surface area contributed by atoms with Crippen LogP contribution in [0.1, 0.15) is 23.6 Å². The highest BCUT2D eigenvalue weighted by molar-refractivity contribution is 7.79. The molecule has 0 aliphatic heterocycles. The first-order valence-corrected chi connectivity index (χ1v) is 9.17. The minimum atomic E-state index is -4.67. The SMILES string of the molecule is Cc1ccc(OCCC(c2ccccc2)N(C)C)cc1.O=S(=O)(O)O. The van der Waals surface area contributed by atoms with Crippen LogP contribution in [0, 0.1) is 6.92 Å². The van der Waals surface area contributed by atoms with Crippen LogP contribution in [0.3, 0.4) is 0 Å². The molecule has 0 saturated heterocycles. The second-order valence-corrected chi connectivity index (χ2v) is 6.68. The number of hydrogen-bond donors (Lipinski definition) is 2. The van der Waals surface area contributed by atoms with E-state index in [-0.39, 0.29) is 0 Å². The minimum absolute atomic E-state index is 0.390. The van der Waals surface area contributed by atoms with Crippen molar-refractivity contribution < 1.29 is 22.3 Å². The molecule has 6 nitrogen and oxygen atoms in total. The summed E-state index contributed by atoms with van der Waals surface area (Å²) >= 11 is 0. The largest absolute Gasteiger partial charge is 0.494 e. The molecule has 0 bridgehead atoms. The highest BCUT2D eigenvalue weighted by Gasteiger charge is 2.13. The molecule has 1 atom stereocenters. The Kier molecular flexibility index (Phi) is 8.57. The molecule has 7 heteroatoms. The van der Waals surface area contributed by atoms with Crippen molar-refractivity contribution in [1.82, 2.24) is 4.90 Å². The van der Waals surface area contributed by atoms with Gasteiger partial charge in [-0.05, 0) is 38.7 Å². The fraction of sp³-hybridized carbons (Fsp3) is 0.333. The van der Waals surface area contributed by atoms with Crippen LogP contribution in [0.5, 0.6) is 5.75 Å². The van der Waals surface area contributed by atoms with Crippen molar-refractivity contribution in [3.8, 4) is 5.75 Å². The molecule has 2 rings (SSSR count). The molecule has 0 spiro atoms. The van der Waals surface area contributed by atoms with E-state index in [0.29, 0.717) is 6.04 Å². The van der Waals surface area contributed by atoms with Gasteiger partial charge in [0.15, 0.2) is 0 Å². The third-order valence-electron chi connectivity index (χ3n) is 3.49. The Hall–Kier alpha value is -1.93. The van der Waals surface area contributed by atoms with Crippen LogP contribution in [-0.4, -0.2) is 43.1 Å². The number of ether oxygens (including phenoxy) is 1. The van der Waals surface area contributed by atoms with Crippen LogP contribution in [0.25, 0.3) is 0 Å². The smallest absolute Gasteiger partial charge is 0.394 e. The second-order valence-electron chi connectivity index (χ2n) is 5.79. The zero-order valence-corrected chi connectivity index (χ0v) is 15.5. The van der Waals surface area contributed by atoms with E-state index >= 15 is 0 Å². The number of rotatable bonds is 6. The minimum Gasteiger partial charge on any atom is -0.494 e. The summed E-state index contributed by atoms with van der Waals surface area (Å²) in [4.78, 5) is 2.24. The van der Waals surface area contributed by atoms with Gasteiger partial charge < -0.3 is 9.64 Å². The van der Waals surface area contributed by atoms with Crippen LogP contribution < -0.4 is 4.74 Å². The van der Waals surface area contributed by atoms with Crippen molar-refractivity contribution in [3.05, 3.63) is 65.7 Å². The fourth-order valence-electron chi connectivity index (χ4n) is 2.32. The maximum atomic E-state index is 8.74. The van der Waals surface area contributed by atoms with Crippen molar-refractivity contribution >= 4 is 10.4 Å². The van der Waals surface area contributed by atoms with Crippen molar-refractivity contribution in [3.63, 3.8) is 0 Å². The van der Waals surface area contributed by atoms with Gasteiger partial charge in [0.2, 0.25) is 0 Å². The summed E-state index contributed by atoms with van der Waals surface area (Å²) < 4.78 is 37.4. The summed E-state index contributed by atoms with van der Waals surface area (Å²) in [6.07, 6.45) is 0.977. The van der Waals surface area contributed by atoms with E-state index in [1.807, 2.05) is 12.1 Å². The standard InChI is InChI=1S/C18H23NO.H2O4S/c1-15-9-11-17(12-10-15)20-14-13-18(19(2)3)16-7-5-4-6-8-16;1-5(2,3)4/h4-12,18H,13-14H2,1-3H3;(H2,1,2,3,4). The van der Waals surface area contributed by atoms with E-state index in [1.54, 1.807) is 0 Å². The number of benzene rings is 2. The fourth-order valence-corrected chi connectivity index (χ4v) is 2.32. The Balaban J connectivity index is 0.000000550. The lowest BCUT2D eigenvalue weighted by Crippen LogP contribution is -2.22. The summed E-state index contributed by atoms with van der Waals surface area (Å²) in [5, 5.41) is 0. The summed E-state index contributed by atoms with van der Waals surface area (Å²) in [5.41, 5.74) is 2.60. The molecule has 1 unspecified atom stereocenters. The average molecular weight is 367 g/mol. The molecule has 0 aliphatic rings. The van der Waals surface area contributed by atoms with Gasteiger partial charge in [0.25, 0.3) is 0 Å². The molecule has 0 saturated carbocycles. The average Bonchev–Trinajstić information content (AvgIpc) is 2.52. The van der Waals surface area contributed by atoms with Gasteiger partial charge in [-0.3, -0.25) is 9.11 Å². The highest BCUT2D eigenvalue weighted by atomic mass is 32.3. The van der Waals surface area contributed by atoms with E-state index in [1.165, 1.54) is 11.1 Å². The Bertz CT molecular complexity index is 707. The topological polar surface area (TPSA) is 87.1 Å². The van der Waals surface area contributed by atoms with Crippen molar-refractivity contribution in [2.75, 3.05) is 20.7 Å². The molecular formula is C18H25NO5S. The Morgan fingerprint density at radius 2 is 1.52 bits per heavy atom. The van der Waals surface area contributed by atoms with E-state index < -0.39 is 10.4 Å². The Labute approximate surface area is 149 Å². The predicted octanol–water partition coefficient (Wildman–Crippen LogP) is 3.41. The van der Waals surface area contributed by atoms with Crippen molar-refractivity contribution in [2.45, 2.75) is 19.4 Å². The normalized spacial score (nSPS) is 12.2. The van der Waals surface area contributed by atoms with Gasteiger partial charge in [-0.25, -0.2) is 0 Å². The summed E-state index contributed by atoms with van der Waals surface area (Å²) in [5.74, 6) is 0.946. The highest BCUT2D eigenvalue weighted by Crippen LogP contribution is 2.22. The number of hydrogen-bond acceptors (Lipinski definition) is 4. The third kappa shape index (κ3) is 9.83. The van der Waals surface area contributed by atoms with Gasteiger partial charge in [-0.15, -0.1) is 0 Å². The van der Waals surface area contributed by atoms with Gasteiger partial charge in [-0.2, -0.15) is 8.42 Å². The molecule has 138 valence electrons. The van der Waals surface area contributed by atoms with E-state index in [9.17, 15) is 0 Å². The van der Waals surface area contributed by atoms with Gasteiger partial charge in [0.05, 0.1) is 6.61 Å². The van der Waals surface area contributed by atoms with Crippen LogP contribution in [-0.2, 0) is 10.4 Å². The van der Waals surface area contributed by atoms with Gasteiger partial charge >= 0.3 is 10.4 Å². The quantitative estimate of drug-likeness (QED) is 0.761. The van der Waals surface area contributed by atoms with Gasteiger partial charge in [-0.1, -0.05) is 48.0 Å². The van der Waals surface area contributed by atoms with E-state index in [2.05, 4.69) is 68.4 Å². The summed E-state index contributed by atoms with van der Waals surface area (Å²) in [7, 11) is -0.437. The maximum Gasteiger partial charge on any atom is 0.394 e. The van der Waals surface area contributed by atoms with Crippen LogP contribution in [0.2, 0.25) is 0 Å². The molecule has 0 amide bonds. The molecule has 0 aromatic heterocycles. The summed E-state index contributed by atoms with van der Waals surface area (Å²) in [6, 6.07) is 19.2. The van der Waals surface area contributed by atoms with Crippen LogP contribution in [0.4, 0.5) is 0 Å². The Morgan fingerprint density at radius 3 is 2.00 bits per heavy atom. The van der Waals surface area contributed by atoms with Gasteiger partial charge in [0, 0.05) is 12.5 Å². The van der Waals surface area contributed by atoms with Crippen LogP contribution >= 0.6 is 0 Å². The molecule has 2 aromatic rings. The van der Waals surface area contributed by atoms with E-state index in [4.69, 9.17) is 22.3 Å². The maximum absolute atomic E-state index is 8.74. The first kappa shape index (κ1) is 21.1. The van der Waals surface area contributed by atoms with Crippen LogP contribution in [0.15, 0.2) is 54.6 Å². The number of aryl methyl sites for hydroxylation is 1. The van der Waals surface area contributed by atoms with Crippen molar-refractivity contribution in [2.24, 2.45) is 0 Å². The van der Waals surface area contributed by atoms with Crippen molar-refractivity contribution in [1.29, 1.82) is 0 Å². The molecular weight excluding hydrogens is 342 g/mol. The van der Waals surface area contributed by atoms with E-state index in [0.717, 1.165) is 18.8 Å². The molecule has 0 radical (unpaired) electrons. The molecule has 25 heavy (non-hydrogen) atoms. The second kappa shape index (κ2) is 10.1. The lowest BCUT2D eigenvalue weighted by molar-refractivity contribution is 0.223. The Morgan fingerprint density at radius 1 is 1.00 bits per heavy atom. The zero-order valence-electron chi connectivity index (χ0n) is 14.7. The van der Waals surface area contributed by atoms with Gasteiger partial charge in [0.1, 0.15) is 5.75 Å². The lowest BCUT2D eigenvalue weighted by atomic mass is 10.0. The molecule has 0 fully saturated rings. The molecule has 2 aromatic carbocycles. The first-order chi connectivity index (χ1) is 11.7. The molecule has 0 aliphatic carbocycles. The molecule has 2 N–H and O–H groups in total. The lowest BCUT2D eigenvalue weighted by Gasteiger charge is -2.24.